The number of rotatable bonds is 52. The van der Waals surface area contributed by atoms with Gasteiger partial charge in [-0.05, 0) is 128 Å². The lowest BCUT2D eigenvalue weighted by atomic mass is 10.1. The fraction of sp³-hybridized carbons (Fsp3) is 0.627. The Hall–Kier alpha value is -4.45. The minimum Gasteiger partial charge on any atom is -0.462 e. The largest absolute Gasteiger partial charge is 0.462 e. The van der Waals surface area contributed by atoms with Crippen LogP contribution in [-0.4, -0.2) is 37.2 Å². The summed E-state index contributed by atoms with van der Waals surface area (Å²) in [5.41, 5.74) is 0. The molecule has 1 unspecified atom stereocenters. The van der Waals surface area contributed by atoms with E-state index in [9.17, 15) is 14.4 Å². The molecule has 6 heteroatoms. The van der Waals surface area contributed by atoms with Crippen molar-refractivity contribution in [2.75, 3.05) is 13.2 Å². The first-order valence-corrected chi connectivity index (χ1v) is 29.7. The summed E-state index contributed by atoms with van der Waals surface area (Å²) >= 11 is 0. The average molecular weight is 1010 g/mol. The molecule has 0 aliphatic heterocycles. The van der Waals surface area contributed by atoms with Gasteiger partial charge in [-0.25, -0.2) is 0 Å². The van der Waals surface area contributed by atoms with Crippen molar-refractivity contribution in [2.45, 2.75) is 258 Å². The van der Waals surface area contributed by atoms with Gasteiger partial charge in [-0.3, -0.25) is 14.4 Å². The van der Waals surface area contributed by atoms with E-state index < -0.39 is 6.10 Å². The SMILES string of the molecule is CC/C=C\C/C=C\C/C=C\C/C=C\C/C=C\C/C=C\C/C=C\C/C=C\CCCCCCCCC(=O)OCC(COC(=O)CCCCCCC/C=C\CCC)OC(=O)CCCCCCC/C=C\C/C=C\CCCC. The second kappa shape index (κ2) is 60.1. The molecule has 0 N–H and O–H groups in total. The summed E-state index contributed by atoms with van der Waals surface area (Å²) < 4.78 is 16.8. The number of carbonyl (C=O) groups excluding carboxylic acids is 3. The fourth-order valence-electron chi connectivity index (χ4n) is 7.65. The Labute approximate surface area is 449 Å². The second-order valence-corrected chi connectivity index (χ2v) is 19.2. The molecule has 0 aromatic carbocycles. The highest BCUT2D eigenvalue weighted by atomic mass is 16.6. The molecule has 412 valence electrons. The first-order valence-electron chi connectivity index (χ1n) is 29.7. The summed E-state index contributed by atoms with van der Waals surface area (Å²) in [6.45, 7) is 6.38. The number of carbonyl (C=O) groups is 3. The maximum absolute atomic E-state index is 12.8. The third kappa shape index (κ3) is 58.3. The van der Waals surface area contributed by atoms with E-state index in [-0.39, 0.29) is 31.1 Å². The summed E-state index contributed by atoms with van der Waals surface area (Å²) in [5, 5.41) is 0. The molecule has 0 bridgehead atoms. The van der Waals surface area contributed by atoms with Crippen LogP contribution >= 0.6 is 0 Å². The van der Waals surface area contributed by atoms with Crippen molar-refractivity contribution in [1.29, 1.82) is 0 Å². The lowest BCUT2D eigenvalue weighted by Gasteiger charge is -2.18. The number of hydrogen-bond donors (Lipinski definition) is 0. The van der Waals surface area contributed by atoms with E-state index in [0.717, 1.165) is 167 Å². The molecule has 0 rings (SSSR count). The van der Waals surface area contributed by atoms with Crippen LogP contribution in [0.25, 0.3) is 0 Å². The van der Waals surface area contributed by atoms with Gasteiger partial charge in [0.1, 0.15) is 13.2 Å². The van der Waals surface area contributed by atoms with Crippen molar-refractivity contribution < 1.29 is 28.6 Å². The predicted molar refractivity (Wildman–Crippen MR) is 316 cm³/mol. The van der Waals surface area contributed by atoms with Crippen LogP contribution in [0.2, 0.25) is 0 Å². The number of ether oxygens (including phenoxy) is 3. The molecule has 73 heavy (non-hydrogen) atoms. The lowest BCUT2D eigenvalue weighted by Crippen LogP contribution is -2.30. The van der Waals surface area contributed by atoms with E-state index >= 15 is 0 Å². The third-order valence-electron chi connectivity index (χ3n) is 12.1. The Balaban J connectivity index is 4.28. The molecule has 0 aromatic heterocycles. The van der Waals surface area contributed by atoms with Crippen molar-refractivity contribution in [1.82, 2.24) is 0 Å². The molecule has 0 spiro atoms. The lowest BCUT2D eigenvalue weighted by molar-refractivity contribution is -0.167. The van der Waals surface area contributed by atoms with Gasteiger partial charge in [0.15, 0.2) is 6.10 Å². The second-order valence-electron chi connectivity index (χ2n) is 19.2. The van der Waals surface area contributed by atoms with Gasteiger partial charge in [-0.1, -0.05) is 238 Å². The van der Waals surface area contributed by atoms with Gasteiger partial charge in [0.05, 0.1) is 0 Å². The molecule has 6 nitrogen and oxygen atoms in total. The number of hydrogen-bond acceptors (Lipinski definition) is 6. The molecule has 0 aromatic rings. The minimum atomic E-state index is -0.798. The highest BCUT2D eigenvalue weighted by Gasteiger charge is 2.19. The molecule has 1 atom stereocenters. The Morgan fingerprint density at radius 2 is 0.562 bits per heavy atom. The predicted octanol–water partition coefficient (Wildman–Crippen LogP) is 20.2. The van der Waals surface area contributed by atoms with Gasteiger partial charge >= 0.3 is 17.9 Å². The van der Waals surface area contributed by atoms with E-state index in [1.807, 2.05) is 0 Å². The summed E-state index contributed by atoms with van der Waals surface area (Å²) in [5.74, 6) is -0.940. The number of esters is 3. The van der Waals surface area contributed by atoms with Gasteiger partial charge in [-0.2, -0.15) is 0 Å². The van der Waals surface area contributed by atoms with Crippen molar-refractivity contribution in [3.8, 4) is 0 Å². The van der Waals surface area contributed by atoms with Gasteiger partial charge in [0.2, 0.25) is 0 Å². The Bertz CT molecular complexity index is 1580. The van der Waals surface area contributed by atoms with Crippen molar-refractivity contribution in [3.63, 3.8) is 0 Å². The summed E-state index contributed by atoms with van der Waals surface area (Å²) in [6, 6.07) is 0. The van der Waals surface area contributed by atoms with Crippen molar-refractivity contribution >= 4 is 17.9 Å². The highest BCUT2D eigenvalue weighted by Crippen LogP contribution is 2.14. The van der Waals surface area contributed by atoms with Gasteiger partial charge in [0.25, 0.3) is 0 Å². The van der Waals surface area contributed by atoms with Crippen molar-refractivity contribution in [2.24, 2.45) is 0 Å². The molecule has 0 fully saturated rings. The Morgan fingerprint density at radius 3 is 0.904 bits per heavy atom. The van der Waals surface area contributed by atoms with Crippen LogP contribution in [0, 0.1) is 0 Å². The molecular formula is C67H108O6. The smallest absolute Gasteiger partial charge is 0.306 e. The van der Waals surface area contributed by atoms with Gasteiger partial charge in [-0.15, -0.1) is 0 Å². The molecule has 0 heterocycles. The Morgan fingerprint density at radius 1 is 0.288 bits per heavy atom. The minimum absolute atomic E-state index is 0.0963. The standard InChI is InChI=1S/C67H108O6/c1-4-7-10-13-16-19-22-24-26-27-28-29-30-31-32-33-34-35-36-37-38-39-40-41-42-44-45-48-51-54-57-60-66(69)72-63-64(62-71-65(68)59-56-53-50-47-21-18-15-12-9-6-3)73-67(70)61-58-55-52-49-46-43-25-23-20-17-14-11-8-5-2/h7,10,12,14-17,19,23-26,28-29,31-32,34-35,37-38,40-41,64H,4-6,8-9,11,13,18,20-22,27,30,33,36,39,42-63H2,1-3H3/b10-7-,15-12-,17-14-,19-16-,25-23-,26-24-,29-28-,32-31-,35-34-,38-37-,41-40-. The number of allylic oxidation sites excluding steroid dienone is 22. The van der Waals surface area contributed by atoms with Crippen LogP contribution in [0.4, 0.5) is 0 Å². The zero-order valence-corrected chi connectivity index (χ0v) is 47.1. The quantitative estimate of drug-likeness (QED) is 0.0261. The summed E-state index contributed by atoms with van der Waals surface area (Å²) in [4.78, 5) is 38.1. The monoisotopic (exact) mass is 1010 g/mol. The molecule has 0 saturated heterocycles. The van der Waals surface area contributed by atoms with Gasteiger partial charge in [0, 0.05) is 19.3 Å². The maximum atomic E-state index is 12.8. The van der Waals surface area contributed by atoms with Crippen molar-refractivity contribution in [3.05, 3.63) is 134 Å². The zero-order chi connectivity index (χ0) is 52.9. The van der Waals surface area contributed by atoms with Crippen LogP contribution < -0.4 is 0 Å². The topological polar surface area (TPSA) is 78.9 Å². The number of unbranched alkanes of at least 4 members (excludes halogenated alkanes) is 19. The Kier molecular flexibility index (Phi) is 56.4. The molecule has 0 amide bonds. The normalized spacial score (nSPS) is 13.1. The van der Waals surface area contributed by atoms with E-state index in [0.29, 0.717) is 19.3 Å². The molecule has 0 aliphatic rings. The van der Waals surface area contributed by atoms with Crippen LogP contribution in [0.1, 0.15) is 252 Å². The van der Waals surface area contributed by atoms with Crippen LogP contribution in [0.3, 0.4) is 0 Å². The van der Waals surface area contributed by atoms with Crippen LogP contribution in [-0.2, 0) is 28.6 Å². The third-order valence-corrected chi connectivity index (χ3v) is 12.1. The van der Waals surface area contributed by atoms with E-state index in [1.54, 1.807) is 0 Å². The maximum Gasteiger partial charge on any atom is 0.306 e. The summed E-state index contributed by atoms with van der Waals surface area (Å²) in [7, 11) is 0. The zero-order valence-electron chi connectivity index (χ0n) is 47.1. The van der Waals surface area contributed by atoms with Crippen LogP contribution in [0.15, 0.2) is 134 Å². The molecular weight excluding hydrogens is 901 g/mol. The summed E-state index contributed by atoms with van der Waals surface area (Å²) in [6.07, 6.45) is 84.5. The molecule has 0 radical (unpaired) electrons. The van der Waals surface area contributed by atoms with E-state index in [4.69, 9.17) is 14.2 Å². The van der Waals surface area contributed by atoms with Gasteiger partial charge < -0.3 is 14.2 Å². The fourth-order valence-corrected chi connectivity index (χ4v) is 7.65. The highest BCUT2D eigenvalue weighted by molar-refractivity contribution is 5.71. The first-order chi connectivity index (χ1) is 36.0. The van der Waals surface area contributed by atoms with E-state index in [1.165, 1.54) is 44.9 Å². The average Bonchev–Trinajstić information content (AvgIpc) is 3.39. The molecule has 0 saturated carbocycles. The van der Waals surface area contributed by atoms with Crippen LogP contribution in [0.5, 0.6) is 0 Å². The molecule has 0 aliphatic carbocycles. The van der Waals surface area contributed by atoms with E-state index in [2.05, 4.69) is 154 Å². The first kappa shape index (κ1) is 68.6.